The van der Waals surface area contributed by atoms with Gasteiger partial charge in [0.25, 0.3) is 5.91 Å². The second kappa shape index (κ2) is 9.42. The van der Waals surface area contributed by atoms with Gasteiger partial charge in [0.15, 0.2) is 10.8 Å². The van der Waals surface area contributed by atoms with Crippen LogP contribution in [0, 0.1) is 12.7 Å². The molecular weight excluding hydrogens is 453 g/mol. The molecule has 1 aliphatic heterocycles. The van der Waals surface area contributed by atoms with Crippen LogP contribution in [-0.4, -0.2) is 46.4 Å². The molecule has 5 rings (SSSR count). The fourth-order valence-electron chi connectivity index (χ4n) is 4.17. The number of anilines is 1. The maximum Gasteiger partial charge on any atom is 0.251 e. The molecule has 1 N–H and O–H groups in total. The van der Waals surface area contributed by atoms with Crippen molar-refractivity contribution in [2.24, 2.45) is 0 Å². The van der Waals surface area contributed by atoms with Crippen molar-refractivity contribution in [3.8, 4) is 11.4 Å². The van der Waals surface area contributed by atoms with Crippen molar-refractivity contribution in [1.29, 1.82) is 0 Å². The zero-order valence-corrected chi connectivity index (χ0v) is 19.9. The molecule has 2 aromatic carbocycles. The second-order valence-corrected chi connectivity index (χ2v) is 9.29. The number of carbonyl (C=O) groups excluding carboxylic acids is 1. The Morgan fingerprint density at radius 2 is 1.85 bits per heavy atom. The molecule has 0 saturated carbocycles. The summed E-state index contributed by atoms with van der Waals surface area (Å²) in [6.45, 7) is 6.12. The van der Waals surface area contributed by atoms with E-state index in [9.17, 15) is 9.18 Å². The Morgan fingerprint density at radius 1 is 1.15 bits per heavy atom. The molecule has 0 bridgehead atoms. The van der Waals surface area contributed by atoms with Crippen LogP contribution in [0.25, 0.3) is 16.0 Å². The van der Waals surface area contributed by atoms with Gasteiger partial charge in [0.2, 0.25) is 0 Å². The number of halogens is 1. The van der Waals surface area contributed by atoms with Crippen molar-refractivity contribution in [1.82, 2.24) is 20.1 Å². The van der Waals surface area contributed by atoms with Crippen LogP contribution in [0.2, 0.25) is 0 Å². The van der Waals surface area contributed by atoms with Gasteiger partial charge in [-0.15, -0.1) is 0 Å². The lowest BCUT2D eigenvalue weighted by Crippen LogP contribution is -2.44. The van der Waals surface area contributed by atoms with Crippen molar-refractivity contribution < 1.29 is 13.9 Å². The van der Waals surface area contributed by atoms with Gasteiger partial charge in [-0.2, -0.15) is 10.1 Å². The number of thiazole rings is 1. The Labute approximate surface area is 201 Å². The van der Waals surface area contributed by atoms with E-state index in [1.807, 2.05) is 26.0 Å². The molecule has 1 fully saturated rings. The van der Waals surface area contributed by atoms with Crippen molar-refractivity contribution in [3.05, 3.63) is 65.6 Å². The average molecular weight is 480 g/mol. The highest BCUT2D eigenvalue weighted by molar-refractivity contribution is 7.22. The van der Waals surface area contributed by atoms with E-state index in [4.69, 9.17) is 9.72 Å². The summed E-state index contributed by atoms with van der Waals surface area (Å²) in [5.74, 6) is 0.429. The van der Waals surface area contributed by atoms with E-state index < -0.39 is 0 Å². The maximum atomic E-state index is 13.3. The van der Waals surface area contributed by atoms with E-state index in [-0.39, 0.29) is 17.8 Å². The highest BCUT2D eigenvalue weighted by Gasteiger charge is 2.25. The SMILES string of the molecule is CCOc1ccc(C(=O)NC2CCN(c3nc4c(s3)c(C)nn4-c3ccc(F)cc3)CC2)cc1. The number of hydrogen-bond donors (Lipinski definition) is 1. The van der Waals surface area contributed by atoms with Crippen LogP contribution in [-0.2, 0) is 0 Å². The molecule has 9 heteroatoms. The van der Waals surface area contributed by atoms with Crippen molar-refractivity contribution in [2.75, 3.05) is 24.6 Å². The Balaban J connectivity index is 1.24. The minimum absolute atomic E-state index is 0.0588. The number of amides is 1. The van der Waals surface area contributed by atoms with E-state index in [1.165, 1.54) is 12.1 Å². The lowest BCUT2D eigenvalue weighted by atomic mass is 10.0. The molecule has 34 heavy (non-hydrogen) atoms. The molecule has 1 saturated heterocycles. The highest BCUT2D eigenvalue weighted by Crippen LogP contribution is 2.33. The first-order valence-electron chi connectivity index (χ1n) is 11.4. The summed E-state index contributed by atoms with van der Waals surface area (Å²) >= 11 is 1.62. The number of ether oxygens (including phenoxy) is 1. The van der Waals surface area contributed by atoms with E-state index in [0.717, 1.165) is 58.5 Å². The predicted octanol–water partition coefficient (Wildman–Crippen LogP) is 4.73. The molecule has 176 valence electrons. The Kier molecular flexibility index (Phi) is 6.19. The highest BCUT2D eigenvalue weighted by atomic mass is 32.1. The summed E-state index contributed by atoms with van der Waals surface area (Å²) < 4.78 is 21.6. The standard InChI is InChI=1S/C25H26FN5O2S/c1-3-33-21-10-4-17(5-11-21)24(32)27-19-12-14-30(15-13-19)25-28-23-22(34-25)16(2)29-31(23)20-8-6-18(26)7-9-20/h4-11,19H,3,12-15H2,1-2H3,(H,27,32). The van der Waals surface area contributed by atoms with Gasteiger partial charge in [-0.3, -0.25) is 4.79 Å². The fraction of sp³-hybridized carbons (Fsp3) is 0.320. The first kappa shape index (κ1) is 22.3. The third-order valence-electron chi connectivity index (χ3n) is 5.98. The van der Waals surface area contributed by atoms with Gasteiger partial charge in [-0.1, -0.05) is 11.3 Å². The van der Waals surface area contributed by atoms with Gasteiger partial charge in [0.05, 0.1) is 22.7 Å². The number of benzene rings is 2. The summed E-state index contributed by atoms with van der Waals surface area (Å²) in [7, 11) is 0. The quantitative estimate of drug-likeness (QED) is 0.433. The van der Waals surface area contributed by atoms with Gasteiger partial charge < -0.3 is 15.0 Å². The number of fused-ring (bicyclic) bond motifs is 1. The van der Waals surface area contributed by atoms with Gasteiger partial charge in [0, 0.05) is 24.7 Å². The first-order chi connectivity index (χ1) is 16.5. The van der Waals surface area contributed by atoms with Crippen molar-refractivity contribution in [2.45, 2.75) is 32.7 Å². The normalized spacial score (nSPS) is 14.5. The van der Waals surface area contributed by atoms with E-state index in [1.54, 1.807) is 40.3 Å². The molecule has 1 aliphatic rings. The van der Waals surface area contributed by atoms with Crippen molar-refractivity contribution in [3.63, 3.8) is 0 Å². The largest absolute Gasteiger partial charge is 0.494 e. The lowest BCUT2D eigenvalue weighted by Gasteiger charge is -2.32. The van der Waals surface area contributed by atoms with Gasteiger partial charge in [-0.25, -0.2) is 9.07 Å². The number of piperidine rings is 1. The summed E-state index contributed by atoms with van der Waals surface area (Å²) in [4.78, 5) is 19.8. The van der Waals surface area contributed by atoms with E-state index in [0.29, 0.717) is 12.2 Å². The smallest absolute Gasteiger partial charge is 0.251 e. The fourth-order valence-corrected chi connectivity index (χ4v) is 5.21. The minimum atomic E-state index is -0.277. The average Bonchev–Trinajstić information content (AvgIpc) is 3.41. The third kappa shape index (κ3) is 4.48. The van der Waals surface area contributed by atoms with Gasteiger partial charge >= 0.3 is 0 Å². The zero-order chi connectivity index (χ0) is 23.7. The molecule has 0 unspecified atom stereocenters. The molecule has 1 amide bonds. The first-order valence-corrected chi connectivity index (χ1v) is 12.2. The monoisotopic (exact) mass is 479 g/mol. The molecule has 2 aromatic heterocycles. The third-order valence-corrected chi connectivity index (χ3v) is 7.19. The van der Waals surface area contributed by atoms with Crippen LogP contribution >= 0.6 is 11.3 Å². The van der Waals surface area contributed by atoms with Gasteiger partial charge in [0.1, 0.15) is 11.6 Å². The predicted molar refractivity (Wildman–Crippen MR) is 132 cm³/mol. The van der Waals surface area contributed by atoms with Crippen molar-refractivity contribution >= 4 is 32.7 Å². The molecule has 7 nitrogen and oxygen atoms in total. The maximum absolute atomic E-state index is 13.3. The molecule has 3 heterocycles. The lowest BCUT2D eigenvalue weighted by molar-refractivity contribution is 0.0931. The van der Waals surface area contributed by atoms with Crippen LogP contribution in [0.5, 0.6) is 5.75 Å². The molecular formula is C25H26FN5O2S. The molecule has 4 aromatic rings. The van der Waals surface area contributed by atoms with E-state index >= 15 is 0 Å². The molecule has 0 radical (unpaired) electrons. The second-order valence-electron chi connectivity index (χ2n) is 8.31. The summed E-state index contributed by atoms with van der Waals surface area (Å²) in [6, 6.07) is 13.6. The van der Waals surface area contributed by atoms with Crippen LogP contribution in [0.1, 0.15) is 35.8 Å². The molecule has 0 spiro atoms. The number of aromatic nitrogens is 3. The molecule has 0 atom stereocenters. The number of carbonyl (C=O) groups is 1. The number of aryl methyl sites for hydroxylation is 1. The van der Waals surface area contributed by atoms with Gasteiger partial charge in [-0.05, 0) is 75.2 Å². The minimum Gasteiger partial charge on any atom is -0.494 e. The van der Waals surface area contributed by atoms with Crippen LogP contribution in [0.3, 0.4) is 0 Å². The summed E-state index contributed by atoms with van der Waals surface area (Å²) in [5.41, 5.74) is 3.11. The molecule has 0 aliphatic carbocycles. The number of nitrogens with one attached hydrogen (secondary N) is 1. The van der Waals surface area contributed by atoms with Crippen LogP contribution in [0.15, 0.2) is 48.5 Å². The van der Waals surface area contributed by atoms with Crippen LogP contribution in [0.4, 0.5) is 9.52 Å². The summed E-state index contributed by atoms with van der Waals surface area (Å²) in [6.07, 6.45) is 1.70. The Bertz CT molecular complexity index is 1290. The number of nitrogens with zero attached hydrogens (tertiary/aromatic N) is 4. The summed E-state index contributed by atoms with van der Waals surface area (Å²) in [5, 5.41) is 8.70. The Morgan fingerprint density at radius 3 is 2.53 bits per heavy atom. The zero-order valence-electron chi connectivity index (χ0n) is 19.1. The number of rotatable bonds is 6. The van der Waals surface area contributed by atoms with E-state index in [2.05, 4.69) is 15.3 Å². The topological polar surface area (TPSA) is 72.3 Å². The Hall–Kier alpha value is -3.46. The number of hydrogen-bond acceptors (Lipinski definition) is 6. The van der Waals surface area contributed by atoms with Crippen LogP contribution < -0.4 is 15.0 Å².